The zero-order chi connectivity index (χ0) is 5.86. The standard InChI is InChI=1S/C4H8ClNO/c1-3(7)4(6)2-5/h7H,2,6H2,1H3/b4-3-. The normalized spacial score (nSPS) is 13.4. The minimum absolute atomic E-state index is 0.106. The van der Waals surface area contributed by atoms with Gasteiger partial charge >= 0.3 is 0 Å². The Kier molecular flexibility index (Phi) is 2.60. The number of halogens is 1. The molecule has 0 aromatic rings. The lowest BCUT2D eigenvalue weighted by Gasteiger charge is -1.92. The third kappa shape index (κ3) is 2.34. The van der Waals surface area contributed by atoms with E-state index in [0.29, 0.717) is 5.70 Å². The van der Waals surface area contributed by atoms with Crippen LogP contribution >= 0.6 is 11.6 Å². The number of hydrogen-bond acceptors (Lipinski definition) is 2. The SMILES string of the molecule is C/C(O)=C(/N)CCl. The highest BCUT2D eigenvalue weighted by molar-refractivity contribution is 6.19. The lowest BCUT2D eigenvalue weighted by molar-refractivity contribution is 0.406. The van der Waals surface area contributed by atoms with Crippen molar-refractivity contribution in [3.63, 3.8) is 0 Å². The molecule has 2 nitrogen and oxygen atoms in total. The second-order valence-corrected chi connectivity index (χ2v) is 1.51. The molecule has 0 aliphatic heterocycles. The maximum absolute atomic E-state index is 8.49. The molecule has 3 N–H and O–H groups in total. The Labute approximate surface area is 47.6 Å². The zero-order valence-electron chi connectivity index (χ0n) is 4.11. The van der Waals surface area contributed by atoms with Crippen LogP contribution < -0.4 is 5.73 Å². The van der Waals surface area contributed by atoms with Crippen LogP contribution in [0.15, 0.2) is 11.5 Å². The first-order chi connectivity index (χ1) is 3.18. The van der Waals surface area contributed by atoms with Crippen molar-refractivity contribution in [2.24, 2.45) is 5.73 Å². The Hall–Kier alpha value is -0.370. The molecule has 0 aromatic heterocycles. The van der Waals surface area contributed by atoms with Gasteiger partial charge in [0.2, 0.25) is 0 Å². The highest BCUT2D eigenvalue weighted by Crippen LogP contribution is 1.92. The molecule has 0 aliphatic rings. The molecule has 0 radical (unpaired) electrons. The zero-order valence-corrected chi connectivity index (χ0v) is 4.87. The Balaban J connectivity index is 3.72. The maximum atomic E-state index is 8.49. The summed E-state index contributed by atoms with van der Waals surface area (Å²) in [6, 6.07) is 0. The first-order valence-corrected chi connectivity index (χ1v) is 2.42. The fourth-order valence-electron chi connectivity index (χ4n) is 0.0967. The second kappa shape index (κ2) is 2.75. The summed E-state index contributed by atoms with van der Waals surface area (Å²) in [5.74, 6) is 0.303. The lowest BCUT2D eigenvalue weighted by Crippen LogP contribution is -2.01. The van der Waals surface area contributed by atoms with Crippen molar-refractivity contribution in [2.45, 2.75) is 6.92 Å². The molecule has 0 rings (SSSR count). The van der Waals surface area contributed by atoms with Crippen LogP contribution in [0.4, 0.5) is 0 Å². The topological polar surface area (TPSA) is 46.2 Å². The quantitative estimate of drug-likeness (QED) is 0.401. The molecule has 42 valence electrons. The third-order valence-electron chi connectivity index (χ3n) is 0.609. The van der Waals surface area contributed by atoms with Crippen LogP contribution in [-0.2, 0) is 0 Å². The summed E-state index contributed by atoms with van der Waals surface area (Å²) in [4.78, 5) is 0. The Morgan fingerprint density at radius 2 is 2.29 bits per heavy atom. The average molecular weight is 122 g/mol. The molecule has 0 bridgehead atoms. The predicted octanol–water partition coefficient (Wildman–Crippen LogP) is 0.973. The number of hydrogen-bond donors (Lipinski definition) is 2. The van der Waals surface area contributed by atoms with Gasteiger partial charge in [0.05, 0.1) is 11.6 Å². The monoisotopic (exact) mass is 121 g/mol. The summed E-state index contributed by atoms with van der Waals surface area (Å²) in [5, 5.41) is 8.49. The molecule has 0 heterocycles. The van der Waals surface area contributed by atoms with Crippen molar-refractivity contribution in [1.82, 2.24) is 0 Å². The first kappa shape index (κ1) is 6.63. The number of aliphatic hydroxyl groups excluding tert-OH is 1. The number of rotatable bonds is 1. The molecule has 3 heteroatoms. The van der Waals surface area contributed by atoms with Crippen LogP contribution in [0.1, 0.15) is 6.92 Å². The van der Waals surface area contributed by atoms with Crippen LogP contribution in [-0.4, -0.2) is 11.0 Å². The highest BCUT2D eigenvalue weighted by atomic mass is 35.5. The Morgan fingerprint density at radius 3 is 2.29 bits per heavy atom. The van der Waals surface area contributed by atoms with E-state index in [4.69, 9.17) is 22.4 Å². The van der Waals surface area contributed by atoms with E-state index in [1.165, 1.54) is 6.92 Å². The fourth-order valence-corrected chi connectivity index (χ4v) is 0.290. The van der Waals surface area contributed by atoms with Gasteiger partial charge in [-0.2, -0.15) is 0 Å². The summed E-state index contributed by atoms with van der Waals surface area (Å²) >= 11 is 5.20. The van der Waals surface area contributed by atoms with Crippen molar-refractivity contribution in [3.8, 4) is 0 Å². The molecular weight excluding hydrogens is 114 g/mol. The number of alkyl halides is 1. The molecule has 0 aliphatic carbocycles. The summed E-state index contributed by atoms with van der Waals surface area (Å²) < 4.78 is 0. The maximum Gasteiger partial charge on any atom is 0.109 e. The van der Waals surface area contributed by atoms with E-state index >= 15 is 0 Å². The van der Waals surface area contributed by atoms with Gasteiger partial charge in [0.1, 0.15) is 5.76 Å². The summed E-state index contributed by atoms with van der Waals surface area (Å²) in [7, 11) is 0. The second-order valence-electron chi connectivity index (χ2n) is 1.24. The van der Waals surface area contributed by atoms with Gasteiger partial charge < -0.3 is 10.8 Å². The van der Waals surface area contributed by atoms with E-state index in [1.54, 1.807) is 0 Å². The minimum Gasteiger partial charge on any atom is -0.511 e. The smallest absolute Gasteiger partial charge is 0.109 e. The van der Waals surface area contributed by atoms with Gasteiger partial charge in [-0.05, 0) is 6.92 Å². The lowest BCUT2D eigenvalue weighted by atomic mass is 10.4. The van der Waals surface area contributed by atoms with E-state index in [2.05, 4.69) is 0 Å². The fraction of sp³-hybridized carbons (Fsp3) is 0.500. The Bertz CT molecular complexity index is 85.7. The average Bonchev–Trinajstić information content (AvgIpc) is 1.65. The van der Waals surface area contributed by atoms with Crippen molar-refractivity contribution >= 4 is 11.6 Å². The van der Waals surface area contributed by atoms with E-state index in [9.17, 15) is 0 Å². The van der Waals surface area contributed by atoms with Crippen LogP contribution in [0.5, 0.6) is 0 Å². The number of allylic oxidation sites excluding steroid dienone is 2. The van der Waals surface area contributed by atoms with Gasteiger partial charge in [-0.3, -0.25) is 0 Å². The molecule has 0 amide bonds. The van der Waals surface area contributed by atoms with Crippen LogP contribution in [0.2, 0.25) is 0 Å². The molecule has 0 saturated heterocycles. The first-order valence-electron chi connectivity index (χ1n) is 1.88. The largest absolute Gasteiger partial charge is 0.511 e. The molecule has 0 spiro atoms. The predicted molar refractivity (Wildman–Crippen MR) is 30.2 cm³/mol. The van der Waals surface area contributed by atoms with E-state index in [-0.39, 0.29) is 11.6 Å². The van der Waals surface area contributed by atoms with Crippen LogP contribution in [0.3, 0.4) is 0 Å². The van der Waals surface area contributed by atoms with Gasteiger partial charge in [-0.15, -0.1) is 11.6 Å². The third-order valence-corrected chi connectivity index (χ3v) is 0.897. The molecule has 7 heavy (non-hydrogen) atoms. The number of nitrogens with two attached hydrogens (primary N) is 1. The van der Waals surface area contributed by atoms with Crippen molar-refractivity contribution < 1.29 is 5.11 Å². The molecular formula is C4H8ClNO. The van der Waals surface area contributed by atoms with Crippen molar-refractivity contribution in [3.05, 3.63) is 11.5 Å². The van der Waals surface area contributed by atoms with Gasteiger partial charge in [-0.25, -0.2) is 0 Å². The van der Waals surface area contributed by atoms with Crippen molar-refractivity contribution in [2.75, 3.05) is 5.88 Å². The molecule has 0 saturated carbocycles. The molecule has 0 aromatic carbocycles. The van der Waals surface area contributed by atoms with Crippen LogP contribution in [0.25, 0.3) is 0 Å². The van der Waals surface area contributed by atoms with Crippen LogP contribution in [0, 0.1) is 0 Å². The molecule has 0 atom stereocenters. The Morgan fingerprint density at radius 1 is 1.86 bits per heavy atom. The number of aliphatic hydroxyl groups is 1. The summed E-state index contributed by atoms with van der Waals surface area (Å²) in [6.45, 7) is 1.50. The van der Waals surface area contributed by atoms with Gasteiger partial charge in [0, 0.05) is 0 Å². The van der Waals surface area contributed by atoms with Gasteiger partial charge in [-0.1, -0.05) is 0 Å². The van der Waals surface area contributed by atoms with Crippen molar-refractivity contribution in [1.29, 1.82) is 0 Å². The van der Waals surface area contributed by atoms with E-state index < -0.39 is 0 Å². The van der Waals surface area contributed by atoms with E-state index in [0.717, 1.165) is 0 Å². The van der Waals surface area contributed by atoms with Gasteiger partial charge in [0.15, 0.2) is 0 Å². The highest BCUT2D eigenvalue weighted by Gasteiger charge is 1.88. The summed E-state index contributed by atoms with van der Waals surface area (Å²) in [6.07, 6.45) is 0. The molecule has 0 unspecified atom stereocenters. The summed E-state index contributed by atoms with van der Waals surface area (Å²) in [5.41, 5.74) is 5.45. The minimum atomic E-state index is 0.106. The molecule has 0 fully saturated rings. The van der Waals surface area contributed by atoms with Gasteiger partial charge in [0.25, 0.3) is 0 Å². The van der Waals surface area contributed by atoms with E-state index in [1.807, 2.05) is 0 Å².